The van der Waals surface area contributed by atoms with Crippen LogP contribution < -0.4 is 4.72 Å². The highest BCUT2D eigenvalue weighted by atomic mass is 32.2. The molecule has 5 heteroatoms. The van der Waals surface area contributed by atoms with Gasteiger partial charge in [-0.15, -0.1) is 0 Å². The van der Waals surface area contributed by atoms with Crippen LogP contribution in [0.1, 0.15) is 44.1 Å². The van der Waals surface area contributed by atoms with Crippen LogP contribution in [0.4, 0.5) is 0 Å². The first-order chi connectivity index (χ1) is 9.55. The van der Waals surface area contributed by atoms with Gasteiger partial charge in [0.25, 0.3) is 0 Å². The number of nitriles is 1. The second-order valence-electron chi connectivity index (χ2n) is 5.45. The molecule has 1 aliphatic carbocycles. The molecule has 0 atom stereocenters. The maximum Gasteiger partial charge on any atom is 0.217 e. The Labute approximate surface area is 120 Å². The molecule has 4 nitrogen and oxygen atoms in total. The maximum atomic E-state index is 12.3. The summed E-state index contributed by atoms with van der Waals surface area (Å²) in [4.78, 5) is 0. The van der Waals surface area contributed by atoms with Gasteiger partial charge < -0.3 is 0 Å². The quantitative estimate of drug-likeness (QED) is 0.867. The minimum Gasteiger partial charge on any atom is -0.212 e. The van der Waals surface area contributed by atoms with Crippen LogP contribution in [0.5, 0.6) is 0 Å². The third-order valence-electron chi connectivity index (χ3n) is 3.72. The van der Waals surface area contributed by atoms with Gasteiger partial charge in [-0.05, 0) is 18.4 Å². The molecule has 20 heavy (non-hydrogen) atoms. The van der Waals surface area contributed by atoms with Gasteiger partial charge >= 0.3 is 0 Å². The van der Waals surface area contributed by atoms with Crippen molar-refractivity contribution >= 4 is 10.0 Å². The van der Waals surface area contributed by atoms with E-state index in [-0.39, 0.29) is 5.75 Å². The molecule has 2 rings (SSSR count). The molecule has 1 aliphatic rings. The summed E-state index contributed by atoms with van der Waals surface area (Å²) in [6.45, 7) is 0. The highest BCUT2D eigenvalue weighted by Gasteiger charge is 2.35. The fraction of sp³-hybridized carbons (Fsp3) is 0.533. The molecule has 0 spiro atoms. The minimum atomic E-state index is -3.49. The molecule has 1 aromatic rings. The van der Waals surface area contributed by atoms with Crippen molar-refractivity contribution in [3.05, 3.63) is 35.9 Å². The van der Waals surface area contributed by atoms with Gasteiger partial charge in [0.1, 0.15) is 5.54 Å². The Kier molecular flexibility index (Phi) is 4.79. The van der Waals surface area contributed by atoms with E-state index in [0.29, 0.717) is 12.8 Å². The van der Waals surface area contributed by atoms with Crippen LogP contribution in [0.3, 0.4) is 0 Å². The van der Waals surface area contributed by atoms with Gasteiger partial charge in [-0.25, -0.2) is 8.42 Å². The van der Waals surface area contributed by atoms with Crippen molar-refractivity contribution in [1.82, 2.24) is 4.72 Å². The summed E-state index contributed by atoms with van der Waals surface area (Å²) in [7, 11) is -3.49. The lowest BCUT2D eigenvalue weighted by Gasteiger charge is -2.26. The van der Waals surface area contributed by atoms with Crippen LogP contribution in [0.15, 0.2) is 30.3 Å². The lowest BCUT2D eigenvalue weighted by Crippen LogP contribution is -2.47. The standard InChI is InChI=1S/C15H20N2O2S/c16-13-15(10-6-1-2-7-11-15)17-20(18,19)12-14-8-4-3-5-9-14/h3-5,8-9,17H,1-2,6-7,10-12H2. The van der Waals surface area contributed by atoms with Crippen LogP contribution in [0.2, 0.25) is 0 Å². The predicted octanol–water partition coefficient (Wildman–Crippen LogP) is 2.72. The predicted molar refractivity (Wildman–Crippen MR) is 78.2 cm³/mol. The van der Waals surface area contributed by atoms with E-state index in [9.17, 15) is 13.7 Å². The first-order valence-corrected chi connectivity index (χ1v) is 8.67. The normalized spacial score (nSPS) is 18.9. The second kappa shape index (κ2) is 6.38. The monoisotopic (exact) mass is 292 g/mol. The molecule has 0 aromatic heterocycles. The average Bonchev–Trinajstić information content (AvgIpc) is 2.65. The molecule has 0 bridgehead atoms. The first-order valence-electron chi connectivity index (χ1n) is 7.02. The van der Waals surface area contributed by atoms with E-state index >= 15 is 0 Å². The molecule has 1 aromatic carbocycles. The van der Waals surface area contributed by atoms with E-state index in [1.807, 2.05) is 18.2 Å². The summed E-state index contributed by atoms with van der Waals surface area (Å²) >= 11 is 0. The fourth-order valence-electron chi connectivity index (χ4n) is 2.70. The summed E-state index contributed by atoms with van der Waals surface area (Å²) in [5.74, 6) is -0.0722. The molecule has 0 amide bonds. The van der Waals surface area contributed by atoms with Crippen molar-refractivity contribution in [2.45, 2.75) is 49.8 Å². The number of nitrogens with zero attached hydrogens (tertiary/aromatic N) is 1. The number of hydrogen-bond donors (Lipinski definition) is 1. The van der Waals surface area contributed by atoms with Crippen LogP contribution >= 0.6 is 0 Å². The molecule has 1 fully saturated rings. The van der Waals surface area contributed by atoms with E-state index in [0.717, 1.165) is 31.2 Å². The van der Waals surface area contributed by atoms with E-state index in [1.54, 1.807) is 12.1 Å². The molecule has 0 radical (unpaired) electrons. The lowest BCUT2D eigenvalue weighted by molar-refractivity contribution is 0.421. The molecule has 1 saturated carbocycles. The van der Waals surface area contributed by atoms with Crippen LogP contribution in [-0.2, 0) is 15.8 Å². The number of nitrogens with one attached hydrogen (secondary N) is 1. The fourth-order valence-corrected chi connectivity index (χ4v) is 4.24. The van der Waals surface area contributed by atoms with Gasteiger partial charge in [-0.3, -0.25) is 0 Å². The number of benzene rings is 1. The van der Waals surface area contributed by atoms with Gasteiger partial charge in [-0.1, -0.05) is 56.0 Å². The zero-order valence-corrected chi connectivity index (χ0v) is 12.3. The summed E-state index contributed by atoms with van der Waals surface area (Å²) in [5, 5.41) is 9.42. The molecule has 0 heterocycles. The van der Waals surface area contributed by atoms with Gasteiger partial charge in [0.05, 0.1) is 11.8 Å². The van der Waals surface area contributed by atoms with E-state index in [1.165, 1.54) is 0 Å². The highest BCUT2D eigenvalue weighted by Crippen LogP contribution is 2.27. The molecular formula is C15H20N2O2S. The van der Waals surface area contributed by atoms with Crippen molar-refractivity contribution in [2.75, 3.05) is 0 Å². The second-order valence-corrected chi connectivity index (χ2v) is 7.18. The highest BCUT2D eigenvalue weighted by molar-refractivity contribution is 7.88. The van der Waals surface area contributed by atoms with Gasteiger partial charge in [0.15, 0.2) is 0 Å². The van der Waals surface area contributed by atoms with Crippen LogP contribution in [0, 0.1) is 11.3 Å². The molecular weight excluding hydrogens is 272 g/mol. The zero-order chi connectivity index (χ0) is 14.5. The summed E-state index contributed by atoms with van der Waals surface area (Å²) < 4.78 is 27.2. The summed E-state index contributed by atoms with van der Waals surface area (Å²) in [6, 6.07) is 11.3. The van der Waals surface area contributed by atoms with E-state index in [2.05, 4.69) is 10.8 Å². The van der Waals surface area contributed by atoms with E-state index < -0.39 is 15.6 Å². The smallest absolute Gasteiger partial charge is 0.212 e. The average molecular weight is 292 g/mol. The Morgan fingerprint density at radius 1 is 1.10 bits per heavy atom. The molecule has 0 saturated heterocycles. The first kappa shape index (κ1) is 15.0. The van der Waals surface area contributed by atoms with Gasteiger partial charge in [0, 0.05) is 0 Å². The van der Waals surface area contributed by atoms with E-state index in [4.69, 9.17) is 0 Å². The Hall–Kier alpha value is -1.38. The van der Waals surface area contributed by atoms with Crippen molar-refractivity contribution in [3.8, 4) is 6.07 Å². The van der Waals surface area contributed by atoms with Crippen molar-refractivity contribution in [3.63, 3.8) is 0 Å². The number of sulfonamides is 1. The molecule has 0 aliphatic heterocycles. The van der Waals surface area contributed by atoms with Gasteiger partial charge in [0.2, 0.25) is 10.0 Å². The third kappa shape index (κ3) is 4.06. The molecule has 108 valence electrons. The topological polar surface area (TPSA) is 70.0 Å². The van der Waals surface area contributed by atoms with Crippen LogP contribution in [-0.4, -0.2) is 14.0 Å². The Morgan fingerprint density at radius 2 is 1.70 bits per heavy atom. The van der Waals surface area contributed by atoms with Crippen molar-refractivity contribution < 1.29 is 8.42 Å². The summed E-state index contributed by atoms with van der Waals surface area (Å²) in [5.41, 5.74) is -0.175. The SMILES string of the molecule is N#CC1(NS(=O)(=O)Cc2ccccc2)CCCCCC1. The van der Waals surface area contributed by atoms with Crippen molar-refractivity contribution in [1.29, 1.82) is 5.26 Å². The maximum absolute atomic E-state index is 12.3. The Morgan fingerprint density at radius 3 is 2.25 bits per heavy atom. The molecule has 0 unspecified atom stereocenters. The summed E-state index contributed by atoms with van der Waals surface area (Å²) in [6.07, 6.45) is 5.17. The van der Waals surface area contributed by atoms with Crippen LogP contribution in [0.25, 0.3) is 0 Å². The number of hydrogen-bond acceptors (Lipinski definition) is 3. The number of rotatable bonds is 4. The molecule has 1 N–H and O–H groups in total. The zero-order valence-electron chi connectivity index (χ0n) is 11.5. The Bertz CT molecular complexity index is 568. The Balaban J connectivity index is 2.12. The van der Waals surface area contributed by atoms with Gasteiger partial charge in [-0.2, -0.15) is 9.98 Å². The minimum absolute atomic E-state index is 0.0722. The third-order valence-corrected chi connectivity index (χ3v) is 5.14. The largest absolute Gasteiger partial charge is 0.217 e. The van der Waals surface area contributed by atoms with Crippen molar-refractivity contribution in [2.24, 2.45) is 0 Å². The lowest BCUT2D eigenvalue weighted by atomic mass is 9.94.